The van der Waals surface area contributed by atoms with E-state index in [0.717, 1.165) is 0 Å². The highest BCUT2D eigenvalue weighted by Crippen LogP contribution is 2.44. The highest BCUT2D eigenvalue weighted by molar-refractivity contribution is 5.35. The molecule has 20 heavy (non-hydrogen) atoms. The summed E-state index contributed by atoms with van der Waals surface area (Å²) in [5, 5.41) is 54.1. The molecule has 98 valence electrons. The quantitative estimate of drug-likeness (QED) is 0.646. The second kappa shape index (κ2) is 8.11. The molecule has 0 aromatic rings. The lowest BCUT2D eigenvalue weighted by atomic mass is 9.62. The summed E-state index contributed by atoms with van der Waals surface area (Å²) in [5.41, 5.74) is -3.76. The fourth-order valence-electron chi connectivity index (χ4n) is 1.88. The SMILES string of the molecule is N#CCCCCCC(C#N)(C#N)C(C#N)(C#N)CC#N. The van der Waals surface area contributed by atoms with Crippen molar-refractivity contribution in [3.8, 4) is 36.4 Å². The molecular formula is C14H12N6. The van der Waals surface area contributed by atoms with Crippen molar-refractivity contribution in [2.24, 2.45) is 10.8 Å². The van der Waals surface area contributed by atoms with Crippen LogP contribution >= 0.6 is 0 Å². The molecule has 0 rings (SSSR count). The average molecular weight is 264 g/mol. The number of rotatable bonds is 7. The van der Waals surface area contributed by atoms with Crippen LogP contribution in [0.3, 0.4) is 0 Å². The molecule has 6 nitrogen and oxygen atoms in total. The molecule has 0 amide bonds. The van der Waals surface area contributed by atoms with Gasteiger partial charge in [-0.25, -0.2) is 0 Å². The third-order valence-corrected chi connectivity index (χ3v) is 3.18. The summed E-state index contributed by atoms with van der Waals surface area (Å²) in [6.45, 7) is 0. The first-order valence-corrected chi connectivity index (χ1v) is 6.01. The summed E-state index contributed by atoms with van der Waals surface area (Å²) in [5.74, 6) is 0. The Bertz CT molecular complexity index is 550. The summed E-state index contributed by atoms with van der Waals surface area (Å²) in [6, 6.07) is 10.6. The Morgan fingerprint density at radius 3 is 1.55 bits per heavy atom. The molecule has 0 aliphatic rings. The van der Waals surface area contributed by atoms with E-state index in [1.54, 1.807) is 30.3 Å². The number of nitriles is 6. The lowest BCUT2D eigenvalue weighted by Crippen LogP contribution is -2.38. The van der Waals surface area contributed by atoms with E-state index in [9.17, 15) is 21.0 Å². The lowest BCUT2D eigenvalue weighted by Gasteiger charge is -2.29. The van der Waals surface area contributed by atoms with E-state index in [-0.39, 0.29) is 6.42 Å². The predicted octanol–water partition coefficient (Wildman–Crippen LogP) is 2.44. The maximum absolute atomic E-state index is 9.27. The molecule has 0 aromatic heterocycles. The van der Waals surface area contributed by atoms with Gasteiger partial charge in [-0.15, -0.1) is 0 Å². The van der Waals surface area contributed by atoms with Crippen LogP contribution < -0.4 is 0 Å². The summed E-state index contributed by atoms with van der Waals surface area (Å²) in [6.07, 6.45) is 1.63. The van der Waals surface area contributed by atoms with Crippen LogP contribution in [0.4, 0.5) is 0 Å². The molecule has 0 saturated heterocycles. The van der Waals surface area contributed by atoms with Crippen LogP contribution in [0.25, 0.3) is 0 Å². The van der Waals surface area contributed by atoms with Crippen LogP contribution in [0.1, 0.15) is 38.5 Å². The third-order valence-electron chi connectivity index (χ3n) is 3.18. The van der Waals surface area contributed by atoms with Crippen LogP contribution in [0.15, 0.2) is 0 Å². The Hall–Kier alpha value is -3.06. The Labute approximate surface area is 118 Å². The van der Waals surface area contributed by atoms with Crippen molar-refractivity contribution in [3.63, 3.8) is 0 Å². The standard InChI is InChI=1S/C14H12N6/c15-7-4-2-1-3-5-13(9-17,10-18)14(11-19,12-20)6-8-16/h1-6H2. The molecule has 0 fully saturated rings. The van der Waals surface area contributed by atoms with Crippen LogP contribution in [-0.4, -0.2) is 0 Å². The van der Waals surface area contributed by atoms with Crippen molar-refractivity contribution in [2.75, 3.05) is 0 Å². The fourth-order valence-corrected chi connectivity index (χ4v) is 1.88. The fraction of sp³-hybridized carbons (Fsp3) is 0.571. The highest BCUT2D eigenvalue weighted by Gasteiger charge is 2.54. The average Bonchev–Trinajstić information content (AvgIpc) is 2.49. The van der Waals surface area contributed by atoms with Crippen molar-refractivity contribution < 1.29 is 0 Å². The second-order valence-corrected chi connectivity index (χ2v) is 4.31. The summed E-state index contributed by atoms with van der Waals surface area (Å²) >= 11 is 0. The minimum absolute atomic E-state index is 0.0359. The summed E-state index contributed by atoms with van der Waals surface area (Å²) < 4.78 is 0. The van der Waals surface area contributed by atoms with Gasteiger partial charge in [0, 0.05) is 6.42 Å². The Morgan fingerprint density at radius 1 is 0.600 bits per heavy atom. The van der Waals surface area contributed by atoms with Crippen LogP contribution in [-0.2, 0) is 0 Å². The first kappa shape index (κ1) is 16.9. The highest BCUT2D eigenvalue weighted by atomic mass is 14.6. The molecule has 0 N–H and O–H groups in total. The maximum Gasteiger partial charge on any atom is 0.188 e. The summed E-state index contributed by atoms with van der Waals surface area (Å²) in [7, 11) is 0. The van der Waals surface area contributed by atoms with Gasteiger partial charge in [0.15, 0.2) is 10.8 Å². The number of hydrogen-bond donors (Lipinski definition) is 0. The molecule has 0 spiro atoms. The molecule has 0 bridgehead atoms. The van der Waals surface area contributed by atoms with E-state index < -0.39 is 17.3 Å². The van der Waals surface area contributed by atoms with E-state index in [4.69, 9.17) is 10.5 Å². The number of nitrogens with zero attached hydrogens (tertiary/aromatic N) is 6. The molecular weight excluding hydrogens is 252 g/mol. The van der Waals surface area contributed by atoms with Crippen LogP contribution in [0, 0.1) is 78.8 Å². The zero-order chi connectivity index (χ0) is 15.5. The van der Waals surface area contributed by atoms with Gasteiger partial charge in [0.25, 0.3) is 0 Å². The van der Waals surface area contributed by atoms with Gasteiger partial charge in [-0.05, 0) is 12.8 Å². The van der Waals surface area contributed by atoms with Crippen molar-refractivity contribution in [1.29, 1.82) is 31.6 Å². The topological polar surface area (TPSA) is 143 Å². The first-order chi connectivity index (χ1) is 9.61. The van der Waals surface area contributed by atoms with Crippen molar-refractivity contribution in [1.82, 2.24) is 0 Å². The van der Waals surface area contributed by atoms with Gasteiger partial charge >= 0.3 is 0 Å². The molecule has 0 aliphatic heterocycles. The summed E-state index contributed by atoms with van der Waals surface area (Å²) in [4.78, 5) is 0. The van der Waals surface area contributed by atoms with E-state index in [1.807, 2.05) is 6.07 Å². The zero-order valence-corrected chi connectivity index (χ0v) is 10.9. The number of unbranched alkanes of at least 4 members (excludes halogenated alkanes) is 3. The van der Waals surface area contributed by atoms with Gasteiger partial charge in [-0.2, -0.15) is 31.6 Å². The maximum atomic E-state index is 9.27. The minimum Gasteiger partial charge on any atom is -0.198 e. The van der Waals surface area contributed by atoms with Crippen molar-refractivity contribution in [2.45, 2.75) is 38.5 Å². The molecule has 0 atom stereocenters. The Balaban J connectivity index is 5.23. The first-order valence-electron chi connectivity index (χ1n) is 6.01. The molecule has 6 heteroatoms. The molecule has 0 saturated carbocycles. The smallest absolute Gasteiger partial charge is 0.188 e. The van der Waals surface area contributed by atoms with Crippen LogP contribution in [0.5, 0.6) is 0 Å². The lowest BCUT2D eigenvalue weighted by molar-refractivity contribution is 0.274. The van der Waals surface area contributed by atoms with E-state index in [2.05, 4.69) is 0 Å². The third kappa shape index (κ3) is 3.24. The van der Waals surface area contributed by atoms with Gasteiger partial charge in [0.1, 0.15) is 0 Å². The molecule has 0 unspecified atom stereocenters. The van der Waals surface area contributed by atoms with E-state index >= 15 is 0 Å². The molecule has 0 aromatic carbocycles. The molecule has 0 radical (unpaired) electrons. The van der Waals surface area contributed by atoms with Crippen molar-refractivity contribution in [3.05, 3.63) is 0 Å². The van der Waals surface area contributed by atoms with Gasteiger partial charge in [-0.3, -0.25) is 0 Å². The van der Waals surface area contributed by atoms with Gasteiger partial charge in [0.05, 0.1) is 42.8 Å². The van der Waals surface area contributed by atoms with Gasteiger partial charge in [0.2, 0.25) is 0 Å². The van der Waals surface area contributed by atoms with E-state index in [0.29, 0.717) is 25.7 Å². The Morgan fingerprint density at radius 2 is 1.15 bits per heavy atom. The second-order valence-electron chi connectivity index (χ2n) is 4.31. The zero-order valence-electron chi connectivity index (χ0n) is 10.9. The number of hydrogen-bond acceptors (Lipinski definition) is 6. The Kier molecular flexibility index (Phi) is 6.87. The minimum atomic E-state index is -1.94. The molecule has 0 aliphatic carbocycles. The van der Waals surface area contributed by atoms with Crippen molar-refractivity contribution >= 4 is 0 Å². The van der Waals surface area contributed by atoms with Crippen LogP contribution in [0.2, 0.25) is 0 Å². The van der Waals surface area contributed by atoms with Gasteiger partial charge in [-0.1, -0.05) is 12.8 Å². The van der Waals surface area contributed by atoms with E-state index in [1.165, 1.54) is 0 Å². The normalized spacial score (nSPS) is 9.90. The largest absolute Gasteiger partial charge is 0.198 e. The predicted molar refractivity (Wildman–Crippen MR) is 66.2 cm³/mol. The van der Waals surface area contributed by atoms with Gasteiger partial charge < -0.3 is 0 Å². The molecule has 0 heterocycles. The monoisotopic (exact) mass is 264 g/mol.